The maximum absolute atomic E-state index is 11.9. The van der Waals surface area contributed by atoms with Crippen LogP contribution in [0.4, 0.5) is 5.82 Å². The summed E-state index contributed by atoms with van der Waals surface area (Å²) in [6.45, 7) is 1.71. The van der Waals surface area contributed by atoms with Crippen LogP contribution in [-0.2, 0) is 0 Å². The minimum Gasteiger partial charge on any atom is -0.496 e. The summed E-state index contributed by atoms with van der Waals surface area (Å²) in [4.78, 5) is 36.9. The smallest absolute Gasteiger partial charge is 0.342 e. The van der Waals surface area contributed by atoms with Gasteiger partial charge in [0.15, 0.2) is 0 Å². The highest BCUT2D eigenvalue weighted by atomic mass is 16.5. The number of aromatic carboxylic acids is 2. The summed E-state index contributed by atoms with van der Waals surface area (Å²) in [6, 6.07) is 4.56. The van der Waals surface area contributed by atoms with Crippen LogP contribution in [0.2, 0.25) is 0 Å². The number of nitrogens with two attached hydrogens (primary N) is 1. The Bertz CT molecular complexity index is 869. The van der Waals surface area contributed by atoms with Gasteiger partial charge in [0.25, 0.3) is 5.56 Å². The predicted molar refractivity (Wildman–Crippen MR) is 82.1 cm³/mol. The Hall–Kier alpha value is -3.29. The highest BCUT2D eigenvalue weighted by Crippen LogP contribution is 2.32. The van der Waals surface area contributed by atoms with E-state index in [2.05, 4.69) is 4.98 Å². The van der Waals surface area contributed by atoms with Gasteiger partial charge in [-0.05, 0) is 30.2 Å². The summed E-state index contributed by atoms with van der Waals surface area (Å²) in [7, 11) is 1.47. The van der Waals surface area contributed by atoms with Crippen LogP contribution >= 0.6 is 0 Å². The van der Waals surface area contributed by atoms with Crippen molar-refractivity contribution in [1.29, 1.82) is 0 Å². The molecule has 0 aliphatic heterocycles. The number of H-pyrrole nitrogens is 1. The predicted octanol–water partition coefficient (Wildman–Crippen LogP) is 1.34. The SMILES string of the molecule is COc1ccc(-c2c(C(=O)O)c(N)[nH]c(=O)c2C(=O)O)cc1C. The molecule has 0 atom stereocenters. The first-order chi connectivity index (χ1) is 10.8. The number of rotatable bonds is 4. The number of anilines is 1. The second-order valence-corrected chi connectivity index (χ2v) is 4.79. The lowest BCUT2D eigenvalue weighted by atomic mass is 9.94. The van der Waals surface area contributed by atoms with E-state index < -0.39 is 34.4 Å². The molecule has 0 radical (unpaired) electrons. The molecule has 0 bridgehead atoms. The van der Waals surface area contributed by atoms with Gasteiger partial charge in [-0.3, -0.25) is 4.79 Å². The molecular weight excluding hydrogens is 304 g/mol. The quantitative estimate of drug-likeness (QED) is 0.666. The van der Waals surface area contributed by atoms with Gasteiger partial charge in [0.1, 0.15) is 22.7 Å². The Morgan fingerprint density at radius 3 is 2.26 bits per heavy atom. The van der Waals surface area contributed by atoms with Crippen molar-refractivity contribution in [3.05, 3.63) is 45.2 Å². The minimum absolute atomic E-state index is 0.239. The van der Waals surface area contributed by atoms with Gasteiger partial charge in [0.2, 0.25) is 0 Å². The number of nitrogens with one attached hydrogen (secondary N) is 1. The van der Waals surface area contributed by atoms with Crippen LogP contribution < -0.4 is 16.0 Å². The molecule has 0 fully saturated rings. The lowest BCUT2D eigenvalue weighted by molar-refractivity contribution is 0.0695. The minimum atomic E-state index is -1.54. The summed E-state index contributed by atoms with van der Waals surface area (Å²) in [6.07, 6.45) is 0. The highest BCUT2D eigenvalue weighted by Gasteiger charge is 2.26. The maximum Gasteiger partial charge on any atom is 0.342 e. The molecule has 2 aromatic rings. The van der Waals surface area contributed by atoms with Gasteiger partial charge in [-0.2, -0.15) is 0 Å². The Labute approximate surface area is 130 Å². The molecular formula is C15H14N2O6. The number of methoxy groups -OCH3 is 1. The lowest BCUT2D eigenvalue weighted by Crippen LogP contribution is -2.24. The number of ether oxygens (including phenoxy) is 1. The Morgan fingerprint density at radius 2 is 1.78 bits per heavy atom. The largest absolute Gasteiger partial charge is 0.496 e. The lowest BCUT2D eigenvalue weighted by Gasteiger charge is -2.13. The van der Waals surface area contributed by atoms with Gasteiger partial charge < -0.3 is 25.7 Å². The number of carboxylic acids is 2. The van der Waals surface area contributed by atoms with E-state index in [4.69, 9.17) is 10.5 Å². The molecule has 0 aliphatic carbocycles. The maximum atomic E-state index is 11.9. The molecule has 1 aromatic heterocycles. The van der Waals surface area contributed by atoms with E-state index in [0.717, 1.165) is 0 Å². The number of hydrogen-bond donors (Lipinski definition) is 4. The Morgan fingerprint density at radius 1 is 1.17 bits per heavy atom. The fourth-order valence-corrected chi connectivity index (χ4v) is 2.37. The fourth-order valence-electron chi connectivity index (χ4n) is 2.37. The molecule has 0 saturated heterocycles. The van der Waals surface area contributed by atoms with Crippen molar-refractivity contribution in [2.75, 3.05) is 12.8 Å². The monoisotopic (exact) mass is 318 g/mol. The number of aromatic amines is 1. The molecule has 1 heterocycles. The van der Waals surface area contributed by atoms with Gasteiger partial charge in [-0.1, -0.05) is 6.07 Å². The zero-order valence-electron chi connectivity index (χ0n) is 12.3. The molecule has 8 heteroatoms. The van der Waals surface area contributed by atoms with Gasteiger partial charge in [-0.25, -0.2) is 9.59 Å². The summed E-state index contributed by atoms with van der Waals surface area (Å²) < 4.78 is 5.11. The number of hydrogen-bond acceptors (Lipinski definition) is 5. The van der Waals surface area contributed by atoms with Crippen LogP contribution in [0.3, 0.4) is 0 Å². The molecule has 0 amide bonds. The van der Waals surface area contributed by atoms with Gasteiger partial charge in [0.05, 0.1) is 7.11 Å². The van der Waals surface area contributed by atoms with Crippen molar-refractivity contribution < 1.29 is 24.5 Å². The third kappa shape index (κ3) is 2.73. The molecule has 0 saturated carbocycles. The van der Waals surface area contributed by atoms with Gasteiger partial charge in [-0.15, -0.1) is 0 Å². The third-order valence-electron chi connectivity index (χ3n) is 3.36. The van der Waals surface area contributed by atoms with Crippen LogP contribution in [0.15, 0.2) is 23.0 Å². The second-order valence-electron chi connectivity index (χ2n) is 4.79. The van der Waals surface area contributed by atoms with Crippen LogP contribution in [0.1, 0.15) is 26.3 Å². The zero-order chi connectivity index (χ0) is 17.3. The van der Waals surface area contributed by atoms with Crippen molar-refractivity contribution in [2.45, 2.75) is 6.92 Å². The molecule has 0 aliphatic rings. The van der Waals surface area contributed by atoms with E-state index >= 15 is 0 Å². The molecule has 120 valence electrons. The van der Waals surface area contributed by atoms with Crippen molar-refractivity contribution in [3.63, 3.8) is 0 Å². The van der Waals surface area contributed by atoms with Crippen molar-refractivity contribution in [2.24, 2.45) is 0 Å². The first kappa shape index (κ1) is 16.1. The van der Waals surface area contributed by atoms with Crippen molar-refractivity contribution in [1.82, 2.24) is 4.98 Å². The number of aromatic nitrogens is 1. The summed E-state index contributed by atoms with van der Waals surface area (Å²) in [5, 5.41) is 18.7. The number of benzene rings is 1. The summed E-state index contributed by atoms with van der Waals surface area (Å²) in [5.74, 6) is -2.85. The first-order valence-corrected chi connectivity index (χ1v) is 6.45. The number of carbonyl (C=O) groups is 2. The average Bonchev–Trinajstić information content (AvgIpc) is 2.45. The second kappa shape index (κ2) is 5.84. The number of carboxylic acid groups (broad SMARTS) is 2. The van der Waals surface area contributed by atoms with E-state index in [1.165, 1.54) is 19.2 Å². The molecule has 0 unspecified atom stereocenters. The topological polar surface area (TPSA) is 143 Å². The third-order valence-corrected chi connectivity index (χ3v) is 3.36. The Balaban J connectivity index is 2.93. The fraction of sp³-hybridized carbons (Fsp3) is 0.133. The van der Waals surface area contributed by atoms with E-state index in [1.807, 2.05) is 0 Å². The normalized spacial score (nSPS) is 10.3. The van der Waals surface area contributed by atoms with Crippen LogP contribution in [0.5, 0.6) is 5.75 Å². The molecule has 8 nitrogen and oxygen atoms in total. The molecule has 2 rings (SSSR count). The summed E-state index contributed by atoms with van der Waals surface area (Å²) in [5.41, 5.74) is 4.11. The van der Waals surface area contributed by atoms with Crippen LogP contribution in [-0.4, -0.2) is 34.2 Å². The Kier molecular flexibility index (Phi) is 4.08. The number of aryl methyl sites for hydroxylation is 1. The van der Waals surface area contributed by atoms with E-state index in [9.17, 15) is 24.6 Å². The zero-order valence-corrected chi connectivity index (χ0v) is 12.3. The van der Waals surface area contributed by atoms with E-state index in [-0.39, 0.29) is 11.1 Å². The molecule has 23 heavy (non-hydrogen) atoms. The molecule has 5 N–H and O–H groups in total. The van der Waals surface area contributed by atoms with E-state index in [0.29, 0.717) is 11.3 Å². The van der Waals surface area contributed by atoms with E-state index in [1.54, 1.807) is 13.0 Å². The average molecular weight is 318 g/mol. The van der Waals surface area contributed by atoms with Crippen molar-refractivity contribution in [3.8, 4) is 16.9 Å². The molecule has 1 aromatic carbocycles. The summed E-state index contributed by atoms with van der Waals surface area (Å²) >= 11 is 0. The van der Waals surface area contributed by atoms with Crippen LogP contribution in [0.25, 0.3) is 11.1 Å². The highest BCUT2D eigenvalue weighted by molar-refractivity contribution is 6.07. The standard InChI is InChI=1S/C15H14N2O6/c1-6-5-7(3-4-8(6)23-2)9-10(14(19)20)12(16)17-13(18)11(9)15(21)22/h3-5H,1-2H3,(H,19,20)(H,21,22)(H3,16,17,18). The first-order valence-electron chi connectivity index (χ1n) is 6.45. The van der Waals surface area contributed by atoms with Crippen molar-refractivity contribution >= 4 is 17.8 Å². The number of pyridine rings is 1. The van der Waals surface area contributed by atoms with Crippen LogP contribution in [0, 0.1) is 6.92 Å². The van der Waals surface area contributed by atoms with Gasteiger partial charge >= 0.3 is 11.9 Å². The number of nitrogen functional groups attached to an aromatic ring is 1. The molecule has 0 spiro atoms. The van der Waals surface area contributed by atoms with Gasteiger partial charge in [0, 0.05) is 5.56 Å².